The summed E-state index contributed by atoms with van der Waals surface area (Å²) in [6, 6.07) is 16.9. The molecule has 1 unspecified atom stereocenters. The van der Waals surface area contributed by atoms with E-state index in [1.54, 1.807) is 0 Å². The molecule has 2 aromatic rings. The van der Waals surface area contributed by atoms with Gasteiger partial charge in [-0.2, -0.15) is 0 Å². The highest BCUT2D eigenvalue weighted by molar-refractivity contribution is 9.10. The Labute approximate surface area is 135 Å². The summed E-state index contributed by atoms with van der Waals surface area (Å²) in [5.74, 6) is 0.917. The van der Waals surface area contributed by atoms with E-state index < -0.39 is 0 Å². The lowest BCUT2D eigenvalue weighted by Crippen LogP contribution is -2.22. The molecule has 0 aliphatic carbocycles. The third-order valence-electron chi connectivity index (χ3n) is 3.15. The van der Waals surface area contributed by atoms with Crippen LogP contribution in [0.15, 0.2) is 53.0 Å². The van der Waals surface area contributed by atoms with Crippen LogP contribution in [-0.4, -0.2) is 12.6 Å². The summed E-state index contributed by atoms with van der Waals surface area (Å²) < 4.78 is 6.90. The quantitative estimate of drug-likeness (QED) is 0.799. The third-order valence-corrected chi connectivity index (χ3v) is 3.65. The van der Waals surface area contributed by atoms with Gasteiger partial charge in [0.1, 0.15) is 5.75 Å². The van der Waals surface area contributed by atoms with Gasteiger partial charge in [0, 0.05) is 4.47 Å². The summed E-state index contributed by atoms with van der Waals surface area (Å²) in [5.41, 5.74) is 2.46. The summed E-state index contributed by atoms with van der Waals surface area (Å²) in [6.45, 7) is 7.12. The molecule has 1 atom stereocenters. The first kappa shape index (κ1) is 16.1. The van der Waals surface area contributed by atoms with Crippen molar-refractivity contribution in [2.45, 2.75) is 32.9 Å². The monoisotopic (exact) mass is 347 g/mol. The minimum atomic E-state index is 0.170. The van der Waals surface area contributed by atoms with Crippen molar-refractivity contribution in [3.05, 3.63) is 64.1 Å². The van der Waals surface area contributed by atoms with Gasteiger partial charge in [0.15, 0.2) is 0 Å². The molecule has 21 heavy (non-hydrogen) atoms. The summed E-state index contributed by atoms with van der Waals surface area (Å²) >= 11 is 3.55. The Bertz CT molecular complexity index is 583. The molecule has 0 amide bonds. The van der Waals surface area contributed by atoms with Crippen LogP contribution in [0.2, 0.25) is 0 Å². The molecule has 0 bridgehead atoms. The topological polar surface area (TPSA) is 21.3 Å². The minimum absolute atomic E-state index is 0.170. The minimum Gasteiger partial charge on any atom is -0.491 e. The molecule has 0 aromatic heterocycles. The van der Waals surface area contributed by atoms with Crippen molar-refractivity contribution < 1.29 is 4.74 Å². The largest absolute Gasteiger partial charge is 0.491 e. The number of hydrogen-bond donors (Lipinski definition) is 1. The summed E-state index contributed by atoms with van der Waals surface area (Å²) in [7, 11) is 0. The van der Waals surface area contributed by atoms with Gasteiger partial charge in [-0.1, -0.05) is 47.1 Å². The molecule has 3 heteroatoms. The van der Waals surface area contributed by atoms with Gasteiger partial charge in [0.2, 0.25) is 0 Å². The van der Waals surface area contributed by atoms with E-state index in [2.05, 4.69) is 64.6 Å². The van der Waals surface area contributed by atoms with Crippen LogP contribution < -0.4 is 10.1 Å². The predicted octanol–water partition coefficient (Wildman–Crippen LogP) is 4.94. The van der Waals surface area contributed by atoms with E-state index in [-0.39, 0.29) is 12.1 Å². The first-order chi connectivity index (χ1) is 10.1. The molecule has 2 aromatic carbocycles. The standard InChI is InChI=1S/C18H22BrNO/c1-4-20-18(14-7-5-9-16(19)11-14)15-8-6-10-17(12-15)21-13(2)3/h5-13,18,20H,4H2,1-3H3. The molecule has 0 heterocycles. The highest BCUT2D eigenvalue weighted by Gasteiger charge is 2.14. The van der Waals surface area contributed by atoms with Gasteiger partial charge >= 0.3 is 0 Å². The van der Waals surface area contributed by atoms with Crippen molar-refractivity contribution in [3.63, 3.8) is 0 Å². The van der Waals surface area contributed by atoms with Crippen molar-refractivity contribution in [1.82, 2.24) is 5.32 Å². The zero-order chi connectivity index (χ0) is 15.2. The van der Waals surface area contributed by atoms with Gasteiger partial charge in [0.05, 0.1) is 12.1 Å². The van der Waals surface area contributed by atoms with Crippen molar-refractivity contribution in [3.8, 4) is 5.75 Å². The zero-order valence-corrected chi connectivity index (χ0v) is 14.4. The number of benzene rings is 2. The van der Waals surface area contributed by atoms with Crippen LogP contribution >= 0.6 is 15.9 Å². The van der Waals surface area contributed by atoms with Crippen molar-refractivity contribution >= 4 is 15.9 Å². The Balaban J connectivity index is 2.34. The average Bonchev–Trinajstić information content (AvgIpc) is 2.44. The molecule has 1 N–H and O–H groups in total. The van der Waals surface area contributed by atoms with Gasteiger partial charge in [0.25, 0.3) is 0 Å². The first-order valence-electron chi connectivity index (χ1n) is 7.35. The molecule has 0 aliphatic rings. The Morgan fingerprint density at radius 3 is 2.33 bits per heavy atom. The summed E-state index contributed by atoms with van der Waals surface area (Å²) in [6.07, 6.45) is 0.184. The SMILES string of the molecule is CCNC(c1cccc(Br)c1)c1cccc(OC(C)C)c1. The fourth-order valence-corrected chi connectivity index (χ4v) is 2.77. The van der Waals surface area contributed by atoms with E-state index in [1.165, 1.54) is 11.1 Å². The molecule has 2 nitrogen and oxygen atoms in total. The summed E-state index contributed by atoms with van der Waals surface area (Å²) in [5, 5.41) is 3.55. The van der Waals surface area contributed by atoms with Gasteiger partial charge in [-0.05, 0) is 55.8 Å². The molecule has 0 spiro atoms. The van der Waals surface area contributed by atoms with Crippen LogP contribution in [0.4, 0.5) is 0 Å². The second kappa shape index (κ2) is 7.62. The van der Waals surface area contributed by atoms with Crippen LogP contribution in [-0.2, 0) is 0 Å². The highest BCUT2D eigenvalue weighted by Crippen LogP contribution is 2.27. The van der Waals surface area contributed by atoms with Crippen LogP contribution in [0.3, 0.4) is 0 Å². The van der Waals surface area contributed by atoms with E-state index in [9.17, 15) is 0 Å². The molecule has 112 valence electrons. The lowest BCUT2D eigenvalue weighted by atomic mass is 9.98. The maximum atomic E-state index is 5.81. The van der Waals surface area contributed by atoms with Crippen LogP contribution in [0.1, 0.15) is 37.9 Å². The number of ether oxygens (including phenoxy) is 1. The number of halogens is 1. The fraction of sp³-hybridized carbons (Fsp3) is 0.333. The molecule has 2 rings (SSSR count). The zero-order valence-electron chi connectivity index (χ0n) is 12.8. The second-order valence-corrected chi connectivity index (χ2v) is 6.20. The fourth-order valence-electron chi connectivity index (χ4n) is 2.36. The van der Waals surface area contributed by atoms with Crippen molar-refractivity contribution in [1.29, 1.82) is 0 Å². The van der Waals surface area contributed by atoms with Gasteiger partial charge in [-0.15, -0.1) is 0 Å². The first-order valence-corrected chi connectivity index (χ1v) is 8.15. The molecule has 0 aliphatic heterocycles. The molecular formula is C18H22BrNO. The summed E-state index contributed by atoms with van der Waals surface area (Å²) in [4.78, 5) is 0. The lowest BCUT2D eigenvalue weighted by Gasteiger charge is -2.20. The maximum absolute atomic E-state index is 5.81. The molecule has 0 radical (unpaired) electrons. The van der Waals surface area contributed by atoms with E-state index in [4.69, 9.17) is 4.74 Å². The highest BCUT2D eigenvalue weighted by atomic mass is 79.9. The molecular weight excluding hydrogens is 326 g/mol. The maximum Gasteiger partial charge on any atom is 0.120 e. The molecule has 0 saturated heterocycles. The van der Waals surface area contributed by atoms with Crippen molar-refractivity contribution in [2.24, 2.45) is 0 Å². The Morgan fingerprint density at radius 2 is 1.71 bits per heavy atom. The van der Waals surface area contributed by atoms with Crippen LogP contribution in [0, 0.1) is 0 Å². The lowest BCUT2D eigenvalue weighted by molar-refractivity contribution is 0.242. The van der Waals surface area contributed by atoms with E-state index >= 15 is 0 Å². The second-order valence-electron chi connectivity index (χ2n) is 5.28. The van der Waals surface area contributed by atoms with Crippen LogP contribution in [0.25, 0.3) is 0 Å². The predicted molar refractivity (Wildman–Crippen MR) is 91.9 cm³/mol. The van der Waals surface area contributed by atoms with Gasteiger partial charge < -0.3 is 10.1 Å². The average molecular weight is 348 g/mol. The number of hydrogen-bond acceptors (Lipinski definition) is 2. The van der Waals surface area contributed by atoms with Gasteiger partial charge in [-0.25, -0.2) is 0 Å². The Hall–Kier alpha value is -1.32. The van der Waals surface area contributed by atoms with E-state index in [0.717, 1.165) is 16.8 Å². The molecule has 0 saturated carbocycles. The van der Waals surface area contributed by atoms with Crippen molar-refractivity contribution in [2.75, 3.05) is 6.54 Å². The van der Waals surface area contributed by atoms with Crippen LogP contribution in [0.5, 0.6) is 5.75 Å². The number of nitrogens with one attached hydrogen (secondary N) is 1. The van der Waals surface area contributed by atoms with Gasteiger partial charge in [-0.3, -0.25) is 0 Å². The normalized spacial score (nSPS) is 12.4. The van der Waals surface area contributed by atoms with E-state index in [1.807, 2.05) is 26.0 Å². The molecule has 0 fully saturated rings. The van der Waals surface area contributed by atoms with E-state index in [0.29, 0.717) is 0 Å². The Morgan fingerprint density at radius 1 is 1.05 bits per heavy atom. The smallest absolute Gasteiger partial charge is 0.120 e. The number of rotatable bonds is 6. The third kappa shape index (κ3) is 4.58. The Kier molecular flexibility index (Phi) is 5.83.